The van der Waals surface area contributed by atoms with Crippen molar-refractivity contribution in [1.82, 2.24) is 10.2 Å². The van der Waals surface area contributed by atoms with Crippen LogP contribution in [0.2, 0.25) is 0 Å². The van der Waals surface area contributed by atoms with E-state index in [4.69, 9.17) is 0 Å². The number of carbonyl (C=O) groups is 2. The molecule has 1 N–H and O–H groups in total. The standard InChI is InChI=1S/C18H23FN2O2/c1-12-6-8-21(9-7-12)18(23)16-10-15(16)17(22)20-11-13-2-4-14(19)5-3-13/h2-5,12,15-16H,6-11H2,1H3,(H,20,22). The van der Waals surface area contributed by atoms with Crippen LogP contribution >= 0.6 is 0 Å². The summed E-state index contributed by atoms with van der Waals surface area (Å²) in [6, 6.07) is 6.06. The smallest absolute Gasteiger partial charge is 0.226 e. The van der Waals surface area contributed by atoms with Gasteiger partial charge in [0.2, 0.25) is 11.8 Å². The minimum atomic E-state index is -0.288. The zero-order chi connectivity index (χ0) is 16.4. The first-order valence-corrected chi connectivity index (χ1v) is 8.35. The van der Waals surface area contributed by atoms with Gasteiger partial charge in [-0.1, -0.05) is 19.1 Å². The maximum atomic E-state index is 12.8. The molecule has 1 saturated heterocycles. The molecule has 1 aliphatic heterocycles. The third-order valence-electron chi connectivity index (χ3n) is 4.92. The third kappa shape index (κ3) is 3.89. The molecule has 0 radical (unpaired) electrons. The summed E-state index contributed by atoms with van der Waals surface area (Å²) in [5.74, 6) is 0.132. The molecule has 1 aliphatic carbocycles. The van der Waals surface area contributed by atoms with Crippen molar-refractivity contribution in [2.75, 3.05) is 13.1 Å². The number of rotatable bonds is 4. The van der Waals surface area contributed by atoms with Gasteiger partial charge in [-0.15, -0.1) is 0 Å². The van der Waals surface area contributed by atoms with Crippen LogP contribution in [0.5, 0.6) is 0 Å². The van der Waals surface area contributed by atoms with E-state index < -0.39 is 0 Å². The Labute approximate surface area is 136 Å². The van der Waals surface area contributed by atoms with Gasteiger partial charge in [0, 0.05) is 19.6 Å². The molecule has 0 aromatic heterocycles. The van der Waals surface area contributed by atoms with E-state index in [1.165, 1.54) is 12.1 Å². The van der Waals surface area contributed by atoms with Gasteiger partial charge in [-0.05, 0) is 42.9 Å². The fourth-order valence-corrected chi connectivity index (χ4v) is 3.14. The highest BCUT2D eigenvalue weighted by Crippen LogP contribution is 2.40. The minimum Gasteiger partial charge on any atom is -0.352 e. The highest BCUT2D eigenvalue weighted by molar-refractivity contribution is 5.92. The van der Waals surface area contributed by atoms with Crippen molar-refractivity contribution in [2.24, 2.45) is 17.8 Å². The number of halogens is 1. The topological polar surface area (TPSA) is 49.4 Å². The van der Waals surface area contributed by atoms with Gasteiger partial charge in [0.15, 0.2) is 0 Å². The van der Waals surface area contributed by atoms with E-state index in [0.717, 1.165) is 31.5 Å². The van der Waals surface area contributed by atoms with Crippen molar-refractivity contribution in [1.29, 1.82) is 0 Å². The number of amides is 2. The number of benzene rings is 1. The van der Waals surface area contributed by atoms with Crippen molar-refractivity contribution in [3.8, 4) is 0 Å². The summed E-state index contributed by atoms with van der Waals surface area (Å²) in [6.07, 6.45) is 2.76. The van der Waals surface area contributed by atoms with Crippen LogP contribution in [-0.4, -0.2) is 29.8 Å². The molecule has 2 atom stereocenters. The number of likely N-dealkylation sites (tertiary alicyclic amines) is 1. The Balaban J connectivity index is 1.45. The Morgan fingerprint density at radius 3 is 2.48 bits per heavy atom. The Morgan fingerprint density at radius 2 is 1.83 bits per heavy atom. The molecule has 3 rings (SSSR count). The molecule has 23 heavy (non-hydrogen) atoms. The molecule has 124 valence electrons. The molecule has 1 aromatic carbocycles. The lowest BCUT2D eigenvalue weighted by atomic mass is 9.99. The second kappa shape index (κ2) is 6.69. The maximum absolute atomic E-state index is 12.8. The van der Waals surface area contributed by atoms with Gasteiger partial charge < -0.3 is 10.2 Å². The second-order valence-corrected chi connectivity index (χ2v) is 6.80. The van der Waals surface area contributed by atoms with Crippen LogP contribution in [0.4, 0.5) is 4.39 Å². The summed E-state index contributed by atoms with van der Waals surface area (Å²) in [7, 11) is 0. The molecule has 1 saturated carbocycles. The monoisotopic (exact) mass is 318 g/mol. The summed E-state index contributed by atoms with van der Waals surface area (Å²) < 4.78 is 12.8. The first-order chi connectivity index (χ1) is 11.0. The van der Waals surface area contributed by atoms with Crippen LogP contribution in [0.15, 0.2) is 24.3 Å². The highest BCUT2D eigenvalue weighted by atomic mass is 19.1. The second-order valence-electron chi connectivity index (χ2n) is 6.80. The van der Waals surface area contributed by atoms with Gasteiger partial charge in [-0.2, -0.15) is 0 Å². The van der Waals surface area contributed by atoms with Crippen LogP contribution in [-0.2, 0) is 16.1 Å². The number of nitrogens with one attached hydrogen (secondary N) is 1. The third-order valence-corrected chi connectivity index (χ3v) is 4.92. The zero-order valence-corrected chi connectivity index (χ0v) is 13.4. The van der Waals surface area contributed by atoms with Gasteiger partial charge in [-0.25, -0.2) is 4.39 Å². The van der Waals surface area contributed by atoms with Crippen molar-refractivity contribution in [2.45, 2.75) is 32.7 Å². The number of carbonyl (C=O) groups excluding carboxylic acids is 2. The van der Waals surface area contributed by atoms with Crippen molar-refractivity contribution in [3.63, 3.8) is 0 Å². The van der Waals surface area contributed by atoms with Crippen LogP contribution in [0.1, 0.15) is 31.7 Å². The van der Waals surface area contributed by atoms with E-state index in [2.05, 4.69) is 12.2 Å². The Kier molecular flexibility index (Phi) is 4.64. The molecule has 0 spiro atoms. The molecule has 1 aromatic rings. The summed E-state index contributed by atoms with van der Waals surface area (Å²) >= 11 is 0. The molecule has 4 nitrogen and oxygen atoms in total. The lowest BCUT2D eigenvalue weighted by Gasteiger charge is -2.30. The Morgan fingerprint density at radius 1 is 1.17 bits per heavy atom. The van der Waals surface area contributed by atoms with E-state index in [1.54, 1.807) is 12.1 Å². The molecule has 2 unspecified atom stereocenters. The number of hydrogen-bond donors (Lipinski definition) is 1. The molecule has 1 heterocycles. The lowest BCUT2D eigenvalue weighted by Crippen LogP contribution is -2.39. The van der Waals surface area contributed by atoms with Gasteiger partial charge in [0.05, 0.1) is 11.8 Å². The fraction of sp³-hybridized carbons (Fsp3) is 0.556. The summed E-state index contributed by atoms with van der Waals surface area (Å²) in [6.45, 7) is 4.23. The lowest BCUT2D eigenvalue weighted by molar-refractivity contribution is -0.135. The number of piperidine rings is 1. The van der Waals surface area contributed by atoms with Gasteiger partial charge >= 0.3 is 0 Å². The molecule has 0 bridgehead atoms. The average Bonchev–Trinajstić information content (AvgIpc) is 3.35. The molecular weight excluding hydrogens is 295 g/mol. The minimum absolute atomic E-state index is 0.0712. The van der Waals surface area contributed by atoms with E-state index >= 15 is 0 Å². The fourth-order valence-electron chi connectivity index (χ4n) is 3.14. The van der Waals surface area contributed by atoms with E-state index in [1.807, 2.05) is 4.90 Å². The molecule has 2 aliphatic rings. The molecule has 5 heteroatoms. The number of hydrogen-bond acceptors (Lipinski definition) is 2. The average molecular weight is 318 g/mol. The molecule has 2 amide bonds. The van der Waals surface area contributed by atoms with Gasteiger partial charge in [0.25, 0.3) is 0 Å². The maximum Gasteiger partial charge on any atom is 0.226 e. The summed E-state index contributed by atoms with van der Waals surface area (Å²) in [5.41, 5.74) is 0.855. The van der Waals surface area contributed by atoms with Gasteiger partial charge in [0.1, 0.15) is 5.82 Å². The summed E-state index contributed by atoms with van der Waals surface area (Å²) in [5, 5.41) is 2.84. The van der Waals surface area contributed by atoms with E-state index in [0.29, 0.717) is 18.9 Å². The van der Waals surface area contributed by atoms with Crippen LogP contribution in [0, 0.1) is 23.6 Å². The molecule has 2 fully saturated rings. The van der Waals surface area contributed by atoms with Crippen molar-refractivity contribution >= 4 is 11.8 Å². The van der Waals surface area contributed by atoms with E-state index in [9.17, 15) is 14.0 Å². The van der Waals surface area contributed by atoms with E-state index in [-0.39, 0.29) is 29.5 Å². The largest absolute Gasteiger partial charge is 0.352 e. The predicted molar refractivity (Wildman–Crippen MR) is 84.8 cm³/mol. The first-order valence-electron chi connectivity index (χ1n) is 8.35. The van der Waals surface area contributed by atoms with Crippen molar-refractivity contribution < 1.29 is 14.0 Å². The van der Waals surface area contributed by atoms with Crippen molar-refractivity contribution in [3.05, 3.63) is 35.6 Å². The van der Waals surface area contributed by atoms with Crippen LogP contribution < -0.4 is 5.32 Å². The molecular formula is C18H23FN2O2. The first kappa shape index (κ1) is 16.0. The predicted octanol–water partition coefficient (Wildman–Crippen LogP) is 2.34. The normalized spacial score (nSPS) is 24.3. The highest BCUT2D eigenvalue weighted by Gasteiger charge is 2.49. The number of nitrogens with zero attached hydrogens (tertiary/aromatic N) is 1. The Bertz CT molecular complexity index is 579. The summed E-state index contributed by atoms with van der Waals surface area (Å²) in [4.78, 5) is 26.5. The van der Waals surface area contributed by atoms with Gasteiger partial charge in [-0.3, -0.25) is 9.59 Å². The van der Waals surface area contributed by atoms with Crippen LogP contribution in [0.3, 0.4) is 0 Å². The zero-order valence-electron chi connectivity index (χ0n) is 13.4. The SMILES string of the molecule is CC1CCN(C(=O)C2CC2C(=O)NCc2ccc(F)cc2)CC1. The van der Waals surface area contributed by atoms with Crippen LogP contribution in [0.25, 0.3) is 0 Å². The Hall–Kier alpha value is -1.91. The quantitative estimate of drug-likeness (QED) is 0.926.